The molecule has 97 valence electrons. The molecule has 17 heavy (non-hydrogen) atoms. The molecule has 3 nitrogen and oxygen atoms in total. The van der Waals surface area contributed by atoms with E-state index in [0.29, 0.717) is 0 Å². The standard InChI is InChI=1S/C11H16O.C2H6.H3NO.Y/c1-9-4-3-5-11(8-9)7-6-10(2)12;2*1-2;/h3-5,8,10,12H,6-7H2,1-2H3;1-2H3;2H,1H2;. The molecular formula is C13H25NO2Y. The molecule has 0 amide bonds. The van der Waals surface area contributed by atoms with Gasteiger partial charge in [-0.15, -0.1) is 0 Å². The molecule has 1 aromatic rings. The van der Waals surface area contributed by atoms with E-state index in [1.165, 1.54) is 11.1 Å². The molecule has 1 radical (unpaired) electrons. The van der Waals surface area contributed by atoms with Gasteiger partial charge in [0, 0.05) is 32.7 Å². The molecule has 4 N–H and O–H groups in total. The van der Waals surface area contributed by atoms with Crippen LogP contribution in [0.25, 0.3) is 0 Å². The van der Waals surface area contributed by atoms with Crippen LogP contribution in [0.5, 0.6) is 0 Å². The van der Waals surface area contributed by atoms with E-state index in [-0.39, 0.29) is 38.8 Å². The molecule has 0 bridgehead atoms. The van der Waals surface area contributed by atoms with Gasteiger partial charge in [-0.25, -0.2) is 5.90 Å². The van der Waals surface area contributed by atoms with Crippen LogP contribution < -0.4 is 5.90 Å². The van der Waals surface area contributed by atoms with Crippen LogP contribution in [0.2, 0.25) is 0 Å². The molecule has 0 aliphatic heterocycles. The van der Waals surface area contributed by atoms with Gasteiger partial charge in [0.15, 0.2) is 0 Å². The number of nitrogens with two attached hydrogens (primary N) is 1. The Bertz CT molecular complexity index is 255. The number of aliphatic hydroxyl groups excluding tert-OH is 1. The summed E-state index contributed by atoms with van der Waals surface area (Å²) < 4.78 is 0. The Labute approximate surface area is 130 Å². The summed E-state index contributed by atoms with van der Waals surface area (Å²) in [5.41, 5.74) is 2.61. The number of benzene rings is 1. The van der Waals surface area contributed by atoms with E-state index in [2.05, 4.69) is 37.1 Å². The van der Waals surface area contributed by atoms with Crippen LogP contribution in [-0.2, 0) is 39.1 Å². The Morgan fingerprint density at radius 1 is 1.24 bits per heavy atom. The summed E-state index contributed by atoms with van der Waals surface area (Å²) in [6, 6.07) is 8.43. The van der Waals surface area contributed by atoms with Crippen LogP contribution in [0, 0.1) is 6.92 Å². The van der Waals surface area contributed by atoms with E-state index in [0.717, 1.165) is 12.8 Å². The van der Waals surface area contributed by atoms with Gasteiger partial charge in [-0.05, 0) is 32.3 Å². The fourth-order valence-corrected chi connectivity index (χ4v) is 1.24. The van der Waals surface area contributed by atoms with Gasteiger partial charge in [0.2, 0.25) is 0 Å². The van der Waals surface area contributed by atoms with Gasteiger partial charge in [-0.3, -0.25) is 0 Å². The molecule has 1 atom stereocenters. The number of aryl methyl sites for hydroxylation is 2. The summed E-state index contributed by atoms with van der Waals surface area (Å²) in [5.74, 6) is 3.50. The molecule has 0 heterocycles. The minimum atomic E-state index is -0.189. The van der Waals surface area contributed by atoms with Crippen molar-refractivity contribution in [3.05, 3.63) is 35.4 Å². The molecule has 0 spiro atoms. The normalized spacial score (nSPS) is 9.82. The van der Waals surface area contributed by atoms with Crippen molar-refractivity contribution in [1.82, 2.24) is 0 Å². The quantitative estimate of drug-likeness (QED) is 0.751. The Kier molecular flexibility index (Phi) is 21.3. The van der Waals surface area contributed by atoms with Crippen molar-refractivity contribution in [2.75, 3.05) is 0 Å². The van der Waals surface area contributed by atoms with E-state index >= 15 is 0 Å². The molecular weight excluding hydrogens is 291 g/mol. The maximum atomic E-state index is 9.08. The van der Waals surface area contributed by atoms with E-state index < -0.39 is 0 Å². The maximum absolute atomic E-state index is 9.08. The fourth-order valence-electron chi connectivity index (χ4n) is 1.24. The van der Waals surface area contributed by atoms with Crippen LogP contribution in [0.3, 0.4) is 0 Å². The van der Waals surface area contributed by atoms with Crippen molar-refractivity contribution in [2.45, 2.75) is 46.6 Å². The summed E-state index contributed by atoms with van der Waals surface area (Å²) in [6.07, 6.45) is 1.63. The maximum Gasteiger partial charge on any atom is 0.0515 e. The van der Waals surface area contributed by atoms with Gasteiger partial charge in [0.05, 0.1) is 6.10 Å². The average molecular weight is 316 g/mol. The SMILES string of the molecule is CC.Cc1cccc(CCC(C)O)c1.NO.[Y]. The fraction of sp³-hybridized carbons (Fsp3) is 0.538. The smallest absolute Gasteiger partial charge is 0.0515 e. The zero-order valence-electron chi connectivity index (χ0n) is 11.4. The van der Waals surface area contributed by atoms with E-state index in [1.807, 2.05) is 20.8 Å². The first-order chi connectivity index (χ1) is 7.68. The summed E-state index contributed by atoms with van der Waals surface area (Å²) >= 11 is 0. The minimum absolute atomic E-state index is 0. The third-order valence-electron chi connectivity index (χ3n) is 1.93. The monoisotopic (exact) mass is 316 g/mol. The number of hydrogen-bond donors (Lipinski definition) is 3. The van der Waals surface area contributed by atoms with Crippen LogP contribution in [0.4, 0.5) is 0 Å². The molecule has 0 saturated carbocycles. The van der Waals surface area contributed by atoms with Gasteiger partial charge < -0.3 is 10.3 Å². The number of aliphatic hydroxyl groups is 1. The van der Waals surface area contributed by atoms with Gasteiger partial charge in [-0.2, -0.15) is 0 Å². The second kappa shape index (κ2) is 16.2. The largest absolute Gasteiger partial charge is 0.393 e. The summed E-state index contributed by atoms with van der Waals surface area (Å²) in [5, 5.41) is 15.6. The van der Waals surface area contributed by atoms with Crippen molar-refractivity contribution in [3.8, 4) is 0 Å². The second-order valence-electron chi connectivity index (χ2n) is 3.38. The van der Waals surface area contributed by atoms with Crippen LogP contribution in [0.15, 0.2) is 24.3 Å². The molecule has 0 fully saturated rings. The minimum Gasteiger partial charge on any atom is -0.393 e. The van der Waals surface area contributed by atoms with Crippen molar-refractivity contribution in [3.63, 3.8) is 0 Å². The van der Waals surface area contributed by atoms with Crippen molar-refractivity contribution in [1.29, 1.82) is 0 Å². The molecule has 0 aliphatic carbocycles. The zero-order chi connectivity index (χ0) is 13.0. The Morgan fingerprint density at radius 3 is 2.18 bits per heavy atom. The van der Waals surface area contributed by atoms with Crippen molar-refractivity contribution in [2.24, 2.45) is 5.90 Å². The topological polar surface area (TPSA) is 66.5 Å². The van der Waals surface area contributed by atoms with E-state index in [4.69, 9.17) is 10.3 Å². The Balaban J connectivity index is -0.000000355. The first-order valence-corrected chi connectivity index (χ1v) is 5.68. The van der Waals surface area contributed by atoms with Crippen molar-refractivity contribution < 1.29 is 43.0 Å². The summed E-state index contributed by atoms with van der Waals surface area (Å²) in [6.45, 7) is 7.92. The Hall–Kier alpha value is 0.204. The van der Waals surface area contributed by atoms with E-state index in [1.54, 1.807) is 0 Å². The summed E-state index contributed by atoms with van der Waals surface area (Å²) in [4.78, 5) is 0. The predicted molar refractivity (Wildman–Crippen MR) is 68.5 cm³/mol. The zero-order valence-corrected chi connectivity index (χ0v) is 14.2. The average Bonchev–Trinajstić information content (AvgIpc) is 2.32. The van der Waals surface area contributed by atoms with E-state index in [9.17, 15) is 0 Å². The first kappa shape index (κ1) is 22.4. The first-order valence-electron chi connectivity index (χ1n) is 5.68. The predicted octanol–water partition coefficient (Wildman–Crippen LogP) is 2.67. The Morgan fingerprint density at radius 2 is 1.76 bits per heavy atom. The van der Waals surface area contributed by atoms with Crippen LogP contribution in [0.1, 0.15) is 38.3 Å². The summed E-state index contributed by atoms with van der Waals surface area (Å²) in [7, 11) is 0. The van der Waals surface area contributed by atoms with Crippen LogP contribution >= 0.6 is 0 Å². The van der Waals surface area contributed by atoms with Gasteiger partial charge >= 0.3 is 0 Å². The number of rotatable bonds is 3. The van der Waals surface area contributed by atoms with Gasteiger partial charge in [0.25, 0.3) is 0 Å². The molecule has 0 saturated heterocycles. The molecule has 0 aliphatic rings. The van der Waals surface area contributed by atoms with Gasteiger partial charge in [-0.1, -0.05) is 43.7 Å². The third-order valence-corrected chi connectivity index (χ3v) is 1.93. The van der Waals surface area contributed by atoms with Crippen LogP contribution in [-0.4, -0.2) is 16.4 Å². The van der Waals surface area contributed by atoms with Gasteiger partial charge in [0.1, 0.15) is 0 Å². The van der Waals surface area contributed by atoms with Crippen molar-refractivity contribution >= 4 is 0 Å². The molecule has 0 aromatic heterocycles. The third kappa shape index (κ3) is 14.1. The molecule has 1 rings (SSSR count). The number of hydrogen-bond acceptors (Lipinski definition) is 3. The molecule has 4 heteroatoms. The second-order valence-corrected chi connectivity index (χ2v) is 3.38. The molecule has 1 unspecified atom stereocenters. The molecule has 1 aromatic carbocycles.